The number of benzene rings is 2. The lowest BCUT2D eigenvalue weighted by Gasteiger charge is -2.29. The van der Waals surface area contributed by atoms with E-state index in [1.165, 1.54) is 0 Å². The minimum atomic E-state index is -0.808. The lowest BCUT2D eigenvalue weighted by molar-refractivity contribution is 0.0418. The average molecular weight is 254 g/mol. The Morgan fingerprint density at radius 2 is 1.74 bits per heavy atom. The summed E-state index contributed by atoms with van der Waals surface area (Å²) in [5.41, 5.74) is 1.29. The first-order valence-electron chi connectivity index (χ1n) is 6.26. The molecule has 3 rings (SSSR count). The summed E-state index contributed by atoms with van der Waals surface area (Å²) in [6, 6.07) is 16.3. The molecule has 3 heteroatoms. The zero-order chi connectivity index (χ0) is 13.2. The Labute approximate surface area is 111 Å². The number of ketones is 1. The molecule has 0 fully saturated rings. The highest BCUT2D eigenvalue weighted by Crippen LogP contribution is 2.36. The van der Waals surface area contributed by atoms with Crippen molar-refractivity contribution in [1.82, 2.24) is 0 Å². The number of carbonyl (C=O) groups excluding carboxylic acids is 1. The predicted molar refractivity (Wildman–Crippen MR) is 71.2 cm³/mol. The molecule has 0 unspecified atom stereocenters. The van der Waals surface area contributed by atoms with Gasteiger partial charge < -0.3 is 9.84 Å². The molecule has 19 heavy (non-hydrogen) atoms. The summed E-state index contributed by atoms with van der Waals surface area (Å²) in [4.78, 5) is 12.4. The van der Waals surface area contributed by atoms with E-state index in [-0.39, 0.29) is 12.4 Å². The predicted octanol–water partition coefficient (Wildman–Crippen LogP) is 2.61. The van der Waals surface area contributed by atoms with Crippen LogP contribution in [-0.4, -0.2) is 17.5 Å². The summed E-state index contributed by atoms with van der Waals surface area (Å²) in [6.07, 6.45) is -0.808. The summed E-state index contributed by atoms with van der Waals surface area (Å²) in [5, 5.41) is 10.4. The maximum Gasteiger partial charge on any atom is 0.172 e. The van der Waals surface area contributed by atoms with Crippen molar-refractivity contribution < 1.29 is 14.6 Å². The number of aliphatic hydroxyl groups is 1. The van der Waals surface area contributed by atoms with Crippen LogP contribution in [0.1, 0.15) is 22.0 Å². The van der Waals surface area contributed by atoms with E-state index in [0.717, 1.165) is 0 Å². The molecule has 0 aliphatic carbocycles. The fourth-order valence-corrected chi connectivity index (χ4v) is 2.38. The Kier molecular flexibility index (Phi) is 3.05. The molecule has 1 heterocycles. The second-order valence-corrected chi connectivity index (χ2v) is 4.63. The summed E-state index contributed by atoms with van der Waals surface area (Å²) in [6.45, 7) is 0.214. The molecule has 0 radical (unpaired) electrons. The standard InChI is InChI=1S/C16H14O3/c17-15(11-6-2-1-3-7-11)13-10-19-14-9-5-4-8-12(14)16(13)18/h1-9,13,16,18H,10H2/t13-,16-/m0/s1. The van der Waals surface area contributed by atoms with Crippen molar-refractivity contribution >= 4 is 5.78 Å². The van der Waals surface area contributed by atoms with Crippen LogP contribution < -0.4 is 4.74 Å². The highest BCUT2D eigenvalue weighted by Gasteiger charge is 2.34. The molecule has 2 aromatic carbocycles. The van der Waals surface area contributed by atoms with Gasteiger partial charge in [0.05, 0.1) is 12.0 Å². The van der Waals surface area contributed by atoms with Crippen molar-refractivity contribution in [1.29, 1.82) is 0 Å². The van der Waals surface area contributed by atoms with Gasteiger partial charge in [-0.25, -0.2) is 0 Å². The minimum absolute atomic E-state index is 0.0809. The van der Waals surface area contributed by atoms with Gasteiger partial charge in [-0.15, -0.1) is 0 Å². The van der Waals surface area contributed by atoms with E-state index in [2.05, 4.69) is 0 Å². The zero-order valence-corrected chi connectivity index (χ0v) is 10.3. The molecule has 0 saturated carbocycles. The topological polar surface area (TPSA) is 46.5 Å². The van der Waals surface area contributed by atoms with Crippen molar-refractivity contribution in [2.75, 3.05) is 6.61 Å². The normalized spacial score (nSPS) is 21.3. The first kappa shape index (κ1) is 11.9. The lowest BCUT2D eigenvalue weighted by atomic mass is 9.87. The van der Waals surface area contributed by atoms with E-state index >= 15 is 0 Å². The van der Waals surface area contributed by atoms with Gasteiger partial charge in [0.2, 0.25) is 0 Å². The molecule has 2 atom stereocenters. The van der Waals surface area contributed by atoms with E-state index in [9.17, 15) is 9.90 Å². The molecule has 0 bridgehead atoms. The van der Waals surface area contributed by atoms with Crippen molar-refractivity contribution in [3.8, 4) is 5.75 Å². The molecule has 96 valence electrons. The van der Waals surface area contributed by atoms with E-state index in [1.807, 2.05) is 36.4 Å². The molecule has 1 aliphatic rings. The third-order valence-electron chi connectivity index (χ3n) is 3.43. The number of Topliss-reactive ketones (excluding diaryl/α,β-unsaturated/α-hetero) is 1. The zero-order valence-electron chi connectivity index (χ0n) is 10.3. The van der Waals surface area contributed by atoms with E-state index in [4.69, 9.17) is 4.74 Å². The van der Waals surface area contributed by atoms with Crippen molar-refractivity contribution in [2.24, 2.45) is 5.92 Å². The number of aliphatic hydroxyl groups excluding tert-OH is 1. The van der Waals surface area contributed by atoms with Crippen molar-refractivity contribution in [3.63, 3.8) is 0 Å². The molecule has 0 amide bonds. The Bertz CT molecular complexity index is 592. The van der Waals surface area contributed by atoms with Gasteiger partial charge in [-0.2, -0.15) is 0 Å². The molecular weight excluding hydrogens is 240 g/mol. The van der Waals surface area contributed by atoms with E-state index in [1.54, 1.807) is 18.2 Å². The Balaban J connectivity index is 1.90. The van der Waals surface area contributed by atoms with Gasteiger partial charge in [0, 0.05) is 11.1 Å². The van der Waals surface area contributed by atoms with Crippen LogP contribution in [0, 0.1) is 5.92 Å². The van der Waals surface area contributed by atoms with Crippen LogP contribution >= 0.6 is 0 Å². The van der Waals surface area contributed by atoms with Crippen LogP contribution in [-0.2, 0) is 0 Å². The highest BCUT2D eigenvalue weighted by molar-refractivity contribution is 5.98. The molecule has 1 N–H and O–H groups in total. The summed E-state index contributed by atoms with van der Waals surface area (Å²) >= 11 is 0. The molecule has 0 saturated heterocycles. The number of fused-ring (bicyclic) bond motifs is 1. The monoisotopic (exact) mass is 254 g/mol. The van der Waals surface area contributed by atoms with Crippen LogP contribution in [0.4, 0.5) is 0 Å². The molecule has 2 aromatic rings. The third-order valence-corrected chi connectivity index (χ3v) is 3.43. The first-order chi connectivity index (χ1) is 9.27. The largest absolute Gasteiger partial charge is 0.492 e. The second kappa shape index (κ2) is 4.86. The quantitative estimate of drug-likeness (QED) is 0.838. The fraction of sp³-hybridized carbons (Fsp3) is 0.188. The maximum atomic E-state index is 12.4. The Morgan fingerprint density at radius 1 is 1.05 bits per heavy atom. The number of para-hydroxylation sites is 1. The van der Waals surface area contributed by atoms with Gasteiger partial charge in [-0.05, 0) is 6.07 Å². The molecule has 0 spiro atoms. The third kappa shape index (κ3) is 2.13. The Morgan fingerprint density at radius 3 is 2.53 bits per heavy atom. The minimum Gasteiger partial charge on any atom is -0.492 e. The van der Waals surface area contributed by atoms with Crippen LogP contribution in [0.15, 0.2) is 54.6 Å². The lowest BCUT2D eigenvalue weighted by Crippen LogP contribution is -2.32. The van der Waals surface area contributed by atoms with Crippen LogP contribution in [0.5, 0.6) is 5.75 Å². The van der Waals surface area contributed by atoms with Crippen LogP contribution in [0.25, 0.3) is 0 Å². The van der Waals surface area contributed by atoms with Crippen LogP contribution in [0.2, 0.25) is 0 Å². The number of rotatable bonds is 2. The fourth-order valence-electron chi connectivity index (χ4n) is 2.38. The van der Waals surface area contributed by atoms with E-state index in [0.29, 0.717) is 16.9 Å². The van der Waals surface area contributed by atoms with Gasteiger partial charge >= 0.3 is 0 Å². The second-order valence-electron chi connectivity index (χ2n) is 4.63. The Hall–Kier alpha value is -2.13. The average Bonchev–Trinajstić information content (AvgIpc) is 2.48. The maximum absolute atomic E-state index is 12.4. The number of hydrogen-bond donors (Lipinski definition) is 1. The summed E-state index contributed by atoms with van der Waals surface area (Å²) in [5.74, 6) is 0.0343. The van der Waals surface area contributed by atoms with Gasteiger partial charge in [-0.1, -0.05) is 48.5 Å². The van der Waals surface area contributed by atoms with Gasteiger partial charge in [0.25, 0.3) is 0 Å². The highest BCUT2D eigenvalue weighted by atomic mass is 16.5. The summed E-state index contributed by atoms with van der Waals surface area (Å²) < 4.78 is 5.57. The number of carbonyl (C=O) groups is 1. The van der Waals surface area contributed by atoms with Gasteiger partial charge in [0.15, 0.2) is 5.78 Å². The molecule has 3 nitrogen and oxygen atoms in total. The number of hydrogen-bond acceptors (Lipinski definition) is 3. The van der Waals surface area contributed by atoms with Gasteiger partial charge in [0.1, 0.15) is 12.4 Å². The van der Waals surface area contributed by atoms with Gasteiger partial charge in [-0.3, -0.25) is 4.79 Å². The summed E-state index contributed by atoms with van der Waals surface area (Å²) in [7, 11) is 0. The molecular formula is C16H14O3. The smallest absolute Gasteiger partial charge is 0.172 e. The number of ether oxygens (including phenoxy) is 1. The SMILES string of the molecule is O=C(c1ccccc1)[C@@H]1COc2ccccc2[C@@H]1O. The van der Waals surface area contributed by atoms with Crippen molar-refractivity contribution in [2.45, 2.75) is 6.10 Å². The van der Waals surface area contributed by atoms with Crippen LogP contribution in [0.3, 0.4) is 0 Å². The van der Waals surface area contributed by atoms with E-state index < -0.39 is 12.0 Å². The molecule has 0 aromatic heterocycles. The van der Waals surface area contributed by atoms with Crippen molar-refractivity contribution in [3.05, 3.63) is 65.7 Å². The first-order valence-corrected chi connectivity index (χ1v) is 6.26. The molecule has 1 aliphatic heterocycles.